The molecule has 0 bridgehead atoms. The van der Waals surface area contributed by atoms with E-state index >= 15 is 0 Å². The summed E-state index contributed by atoms with van der Waals surface area (Å²) in [6.07, 6.45) is 4.44. The fourth-order valence-electron chi connectivity index (χ4n) is 3.88. The van der Waals surface area contributed by atoms with Gasteiger partial charge in [0.05, 0.1) is 13.3 Å². The molecule has 2 aromatic heterocycles. The van der Waals surface area contributed by atoms with Crippen molar-refractivity contribution in [3.05, 3.63) is 40.9 Å². The van der Waals surface area contributed by atoms with Crippen molar-refractivity contribution in [1.29, 1.82) is 0 Å². The lowest BCUT2D eigenvalue weighted by Gasteiger charge is -2.24. The monoisotopic (exact) mass is 425 g/mol. The molecule has 9 nitrogen and oxygen atoms in total. The van der Waals surface area contributed by atoms with E-state index in [4.69, 9.17) is 9.47 Å². The quantitative estimate of drug-likeness (QED) is 0.624. The predicted molar refractivity (Wildman–Crippen MR) is 116 cm³/mol. The lowest BCUT2D eigenvalue weighted by molar-refractivity contribution is 0.0619. The third-order valence-corrected chi connectivity index (χ3v) is 5.85. The second-order valence-corrected chi connectivity index (χ2v) is 7.86. The molecule has 0 unspecified atom stereocenters. The molecule has 0 saturated carbocycles. The SMILES string of the molecule is COc1cccc(-c2ncc3c(n2)n(C)c(=O)n3C(=O)N(C)CCC2CCOCC2)c1. The number of aryl methyl sites for hydroxylation is 1. The van der Waals surface area contributed by atoms with E-state index in [9.17, 15) is 9.59 Å². The summed E-state index contributed by atoms with van der Waals surface area (Å²) in [6, 6.07) is 7.01. The second-order valence-electron chi connectivity index (χ2n) is 7.86. The van der Waals surface area contributed by atoms with Crippen molar-refractivity contribution < 1.29 is 14.3 Å². The largest absolute Gasteiger partial charge is 0.497 e. The highest BCUT2D eigenvalue weighted by molar-refractivity contribution is 5.88. The summed E-state index contributed by atoms with van der Waals surface area (Å²) >= 11 is 0. The van der Waals surface area contributed by atoms with Crippen LogP contribution in [-0.2, 0) is 11.8 Å². The Labute approximate surface area is 180 Å². The zero-order valence-corrected chi connectivity index (χ0v) is 18.1. The number of benzene rings is 1. The maximum Gasteiger partial charge on any atom is 0.338 e. The number of aromatic nitrogens is 4. The van der Waals surface area contributed by atoms with E-state index in [1.54, 1.807) is 26.1 Å². The molecule has 1 aliphatic rings. The number of nitrogens with zero attached hydrogens (tertiary/aromatic N) is 5. The molecular formula is C22H27N5O4. The van der Waals surface area contributed by atoms with Crippen LogP contribution in [0.25, 0.3) is 22.6 Å². The standard InChI is InChI=1S/C22H27N5O4/c1-25(10-7-15-8-11-31-12-9-15)21(28)27-18-14-23-19(24-20(18)26(2)22(27)29)16-5-4-6-17(13-16)30-3/h4-6,13-15H,7-12H2,1-3H3. The first-order chi connectivity index (χ1) is 15.0. The molecule has 164 valence electrons. The number of hydrogen-bond donors (Lipinski definition) is 0. The van der Waals surface area contributed by atoms with Crippen LogP contribution in [0, 0.1) is 5.92 Å². The van der Waals surface area contributed by atoms with Crippen molar-refractivity contribution in [3.8, 4) is 17.1 Å². The second kappa shape index (κ2) is 8.89. The predicted octanol–water partition coefficient (Wildman–Crippen LogP) is 2.52. The minimum atomic E-state index is -0.435. The lowest BCUT2D eigenvalue weighted by Crippen LogP contribution is -2.39. The topological polar surface area (TPSA) is 91.5 Å². The first-order valence-electron chi connectivity index (χ1n) is 10.4. The highest BCUT2D eigenvalue weighted by Crippen LogP contribution is 2.23. The highest BCUT2D eigenvalue weighted by Gasteiger charge is 2.23. The van der Waals surface area contributed by atoms with Crippen LogP contribution in [0.15, 0.2) is 35.3 Å². The van der Waals surface area contributed by atoms with Gasteiger partial charge in [0.25, 0.3) is 0 Å². The van der Waals surface area contributed by atoms with E-state index < -0.39 is 5.69 Å². The number of imidazole rings is 1. The molecule has 9 heteroatoms. The molecule has 3 aromatic rings. The zero-order chi connectivity index (χ0) is 22.0. The number of carbonyl (C=O) groups is 1. The van der Waals surface area contributed by atoms with Crippen LogP contribution in [-0.4, -0.2) is 63.9 Å². The van der Waals surface area contributed by atoms with Crippen molar-refractivity contribution in [1.82, 2.24) is 24.0 Å². The van der Waals surface area contributed by atoms with Crippen LogP contribution >= 0.6 is 0 Å². The van der Waals surface area contributed by atoms with Crippen molar-refractivity contribution in [3.63, 3.8) is 0 Å². The smallest absolute Gasteiger partial charge is 0.338 e. The minimum absolute atomic E-state index is 0.375. The van der Waals surface area contributed by atoms with Gasteiger partial charge >= 0.3 is 11.7 Å². The highest BCUT2D eigenvalue weighted by atomic mass is 16.5. The number of rotatable bonds is 5. The number of hydrogen-bond acceptors (Lipinski definition) is 6. The molecule has 0 atom stereocenters. The molecule has 3 heterocycles. The van der Waals surface area contributed by atoms with Gasteiger partial charge in [-0.05, 0) is 37.3 Å². The first kappa shape index (κ1) is 21.0. The zero-order valence-electron chi connectivity index (χ0n) is 18.1. The molecule has 0 N–H and O–H groups in total. The molecule has 1 aromatic carbocycles. The van der Waals surface area contributed by atoms with Crippen LogP contribution in [0.1, 0.15) is 19.3 Å². The summed E-state index contributed by atoms with van der Waals surface area (Å²) in [7, 11) is 4.92. The Balaban J connectivity index is 1.61. The molecule has 0 spiro atoms. The molecule has 0 radical (unpaired) electrons. The summed E-state index contributed by atoms with van der Waals surface area (Å²) in [4.78, 5) is 36.5. The van der Waals surface area contributed by atoms with Crippen molar-refractivity contribution in [2.75, 3.05) is 33.9 Å². The van der Waals surface area contributed by atoms with E-state index in [-0.39, 0.29) is 6.03 Å². The van der Waals surface area contributed by atoms with Crippen LogP contribution in [0.2, 0.25) is 0 Å². The van der Waals surface area contributed by atoms with Crippen LogP contribution < -0.4 is 10.4 Å². The number of amides is 1. The minimum Gasteiger partial charge on any atom is -0.497 e. The van der Waals surface area contributed by atoms with Crippen LogP contribution in [0.4, 0.5) is 4.79 Å². The van der Waals surface area contributed by atoms with Gasteiger partial charge in [0.15, 0.2) is 11.5 Å². The van der Waals surface area contributed by atoms with Gasteiger partial charge in [0.2, 0.25) is 0 Å². The Morgan fingerprint density at radius 3 is 2.84 bits per heavy atom. The Bertz CT molecular complexity index is 1150. The molecule has 1 fully saturated rings. The summed E-state index contributed by atoms with van der Waals surface area (Å²) in [6.45, 7) is 2.13. The fourth-order valence-corrected chi connectivity index (χ4v) is 3.88. The van der Waals surface area contributed by atoms with Gasteiger partial charge in [0.1, 0.15) is 11.3 Å². The molecule has 1 aliphatic heterocycles. The molecule has 31 heavy (non-hydrogen) atoms. The fraction of sp³-hybridized carbons (Fsp3) is 0.455. The number of fused-ring (bicyclic) bond motifs is 1. The summed E-state index contributed by atoms with van der Waals surface area (Å²) in [5, 5.41) is 0. The third-order valence-electron chi connectivity index (χ3n) is 5.85. The third kappa shape index (κ3) is 4.18. The number of ether oxygens (including phenoxy) is 2. The number of methoxy groups -OCH3 is 1. The molecule has 4 rings (SSSR count). The Hall–Kier alpha value is -3.20. The normalized spacial score (nSPS) is 14.7. The van der Waals surface area contributed by atoms with Crippen LogP contribution in [0.5, 0.6) is 5.75 Å². The van der Waals surface area contributed by atoms with E-state index in [2.05, 4.69) is 9.97 Å². The van der Waals surface area contributed by atoms with Gasteiger partial charge in [0, 0.05) is 39.4 Å². The van der Waals surface area contributed by atoms with Gasteiger partial charge < -0.3 is 14.4 Å². The summed E-state index contributed by atoms with van der Waals surface area (Å²) < 4.78 is 13.2. The van der Waals surface area contributed by atoms with E-state index in [1.807, 2.05) is 24.3 Å². The Morgan fingerprint density at radius 2 is 2.10 bits per heavy atom. The molecule has 1 saturated heterocycles. The van der Waals surface area contributed by atoms with Gasteiger partial charge in [-0.3, -0.25) is 4.57 Å². The average molecular weight is 425 g/mol. The molecule has 1 amide bonds. The Morgan fingerprint density at radius 1 is 1.32 bits per heavy atom. The Kier molecular flexibility index (Phi) is 6.03. The number of carbonyl (C=O) groups excluding carboxylic acids is 1. The van der Waals surface area contributed by atoms with Gasteiger partial charge in [-0.2, -0.15) is 0 Å². The van der Waals surface area contributed by atoms with Gasteiger partial charge in [-0.15, -0.1) is 0 Å². The van der Waals surface area contributed by atoms with Gasteiger partial charge in [-0.25, -0.2) is 24.1 Å². The summed E-state index contributed by atoms with van der Waals surface area (Å²) in [5.41, 5.74) is 1.13. The maximum atomic E-state index is 13.1. The van der Waals surface area contributed by atoms with Crippen molar-refractivity contribution in [2.24, 2.45) is 13.0 Å². The first-order valence-corrected chi connectivity index (χ1v) is 10.4. The van der Waals surface area contributed by atoms with Gasteiger partial charge in [-0.1, -0.05) is 12.1 Å². The lowest BCUT2D eigenvalue weighted by atomic mass is 9.96. The average Bonchev–Trinajstić information content (AvgIpc) is 3.07. The molecular weight excluding hydrogens is 398 g/mol. The van der Waals surface area contributed by atoms with Crippen molar-refractivity contribution in [2.45, 2.75) is 19.3 Å². The van der Waals surface area contributed by atoms with Crippen molar-refractivity contribution >= 4 is 17.2 Å². The molecule has 0 aliphatic carbocycles. The van der Waals surface area contributed by atoms with E-state index in [0.717, 1.165) is 42.6 Å². The van der Waals surface area contributed by atoms with Crippen LogP contribution in [0.3, 0.4) is 0 Å². The summed E-state index contributed by atoms with van der Waals surface area (Å²) in [5.74, 6) is 1.69. The van der Waals surface area contributed by atoms with E-state index in [0.29, 0.717) is 35.2 Å². The van der Waals surface area contributed by atoms with E-state index in [1.165, 1.54) is 10.8 Å². The maximum absolute atomic E-state index is 13.1.